The van der Waals surface area contributed by atoms with Crippen LogP contribution < -0.4 is 10.6 Å². The Morgan fingerprint density at radius 2 is 1.84 bits per heavy atom. The van der Waals surface area contributed by atoms with Gasteiger partial charge in [0.2, 0.25) is 5.95 Å². The van der Waals surface area contributed by atoms with Crippen LogP contribution in [0.3, 0.4) is 0 Å². The number of hydrogen-bond acceptors (Lipinski definition) is 4. The highest BCUT2D eigenvalue weighted by atomic mass is 15.3. The molecule has 2 heterocycles. The third-order valence-electron chi connectivity index (χ3n) is 4.62. The van der Waals surface area contributed by atoms with E-state index in [1.807, 2.05) is 12.4 Å². The Balaban J connectivity index is 1.75. The van der Waals surface area contributed by atoms with Crippen LogP contribution in [0.4, 0.5) is 5.95 Å². The third kappa shape index (κ3) is 2.73. The van der Waals surface area contributed by atoms with E-state index in [4.69, 9.17) is 5.73 Å². The van der Waals surface area contributed by atoms with Gasteiger partial charge in [-0.05, 0) is 50.1 Å². The van der Waals surface area contributed by atoms with Crippen molar-refractivity contribution >= 4 is 5.95 Å². The first-order chi connectivity index (χ1) is 9.38. The molecule has 0 amide bonds. The Morgan fingerprint density at radius 1 is 1.11 bits per heavy atom. The molecule has 1 aromatic rings. The maximum atomic E-state index is 5.56. The van der Waals surface area contributed by atoms with Crippen molar-refractivity contribution in [2.45, 2.75) is 51.0 Å². The lowest BCUT2D eigenvalue weighted by Gasteiger charge is -2.44. The normalized spacial score (nSPS) is 27.1. The number of fused-ring (bicyclic) bond motifs is 1. The number of aromatic nitrogens is 2. The summed E-state index contributed by atoms with van der Waals surface area (Å²) in [7, 11) is 0. The molecule has 2 unspecified atom stereocenters. The first-order valence-electron chi connectivity index (χ1n) is 7.66. The van der Waals surface area contributed by atoms with Crippen LogP contribution in [-0.2, 0) is 6.42 Å². The van der Waals surface area contributed by atoms with Crippen LogP contribution in [0, 0.1) is 5.92 Å². The lowest BCUT2D eigenvalue weighted by Crippen LogP contribution is -2.47. The molecular formula is C15H24N4. The highest BCUT2D eigenvalue weighted by Gasteiger charge is 2.34. The van der Waals surface area contributed by atoms with Crippen molar-refractivity contribution in [1.82, 2.24) is 9.97 Å². The average Bonchev–Trinajstić information content (AvgIpc) is 2.48. The van der Waals surface area contributed by atoms with Gasteiger partial charge in [-0.25, -0.2) is 9.97 Å². The van der Waals surface area contributed by atoms with Crippen molar-refractivity contribution in [1.29, 1.82) is 0 Å². The fourth-order valence-corrected chi connectivity index (χ4v) is 3.67. The molecule has 2 fully saturated rings. The van der Waals surface area contributed by atoms with Crippen LogP contribution >= 0.6 is 0 Å². The number of rotatable bonds is 3. The Hall–Kier alpha value is -1.16. The quantitative estimate of drug-likeness (QED) is 0.904. The highest BCUT2D eigenvalue weighted by Crippen LogP contribution is 2.36. The van der Waals surface area contributed by atoms with Crippen molar-refractivity contribution < 1.29 is 0 Å². The van der Waals surface area contributed by atoms with Gasteiger partial charge in [-0.3, -0.25) is 0 Å². The zero-order valence-corrected chi connectivity index (χ0v) is 11.6. The second-order valence-electron chi connectivity index (χ2n) is 5.88. The summed E-state index contributed by atoms with van der Waals surface area (Å²) in [6, 6.07) is 0.683. The van der Waals surface area contributed by atoms with Gasteiger partial charge in [-0.1, -0.05) is 12.8 Å². The fraction of sp³-hybridized carbons (Fsp3) is 0.733. The maximum absolute atomic E-state index is 5.56. The van der Waals surface area contributed by atoms with E-state index < -0.39 is 0 Å². The van der Waals surface area contributed by atoms with Gasteiger partial charge in [-0.15, -0.1) is 0 Å². The molecule has 0 bridgehead atoms. The van der Waals surface area contributed by atoms with Crippen LogP contribution in [0.1, 0.15) is 44.1 Å². The monoisotopic (exact) mass is 260 g/mol. The van der Waals surface area contributed by atoms with Gasteiger partial charge in [-0.2, -0.15) is 0 Å². The molecule has 19 heavy (non-hydrogen) atoms. The highest BCUT2D eigenvalue weighted by molar-refractivity contribution is 5.33. The first kappa shape index (κ1) is 12.9. The summed E-state index contributed by atoms with van der Waals surface area (Å²) in [5.41, 5.74) is 6.70. The zero-order valence-electron chi connectivity index (χ0n) is 11.6. The molecule has 0 radical (unpaired) electrons. The largest absolute Gasteiger partial charge is 0.338 e. The average molecular weight is 260 g/mol. The van der Waals surface area contributed by atoms with Crippen molar-refractivity contribution in [3.8, 4) is 0 Å². The zero-order chi connectivity index (χ0) is 13.1. The van der Waals surface area contributed by atoms with E-state index in [1.165, 1.54) is 38.5 Å². The van der Waals surface area contributed by atoms with Gasteiger partial charge >= 0.3 is 0 Å². The Kier molecular flexibility index (Phi) is 3.97. The van der Waals surface area contributed by atoms with Gasteiger partial charge in [0.1, 0.15) is 0 Å². The number of nitrogens with two attached hydrogens (primary N) is 1. The maximum Gasteiger partial charge on any atom is 0.225 e. The van der Waals surface area contributed by atoms with E-state index in [0.29, 0.717) is 12.6 Å². The molecule has 2 N–H and O–H groups in total. The molecule has 1 aliphatic heterocycles. The number of piperidine rings is 1. The second kappa shape index (κ2) is 5.87. The summed E-state index contributed by atoms with van der Waals surface area (Å²) in [6.45, 7) is 1.79. The molecule has 2 aliphatic rings. The van der Waals surface area contributed by atoms with Crippen molar-refractivity contribution in [3.05, 3.63) is 18.0 Å². The van der Waals surface area contributed by atoms with Gasteiger partial charge < -0.3 is 10.6 Å². The van der Waals surface area contributed by atoms with Gasteiger partial charge in [0, 0.05) is 25.0 Å². The summed E-state index contributed by atoms with van der Waals surface area (Å²) < 4.78 is 0. The minimum absolute atomic E-state index is 0.664. The van der Waals surface area contributed by atoms with Crippen LogP contribution in [0.2, 0.25) is 0 Å². The standard InChI is InChI=1S/C15H24N4/c16-8-7-12-10-17-15(18-11-12)19-9-3-5-13-4-1-2-6-14(13)19/h10-11,13-14H,1-9,16H2. The predicted molar refractivity (Wildman–Crippen MR) is 77.1 cm³/mol. The predicted octanol–water partition coefficient (Wildman–Crippen LogP) is 2.14. The molecule has 2 atom stereocenters. The molecule has 0 aromatic carbocycles. The molecule has 0 spiro atoms. The van der Waals surface area contributed by atoms with E-state index >= 15 is 0 Å². The fourth-order valence-electron chi connectivity index (χ4n) is 3.67. The number of nitrogens with zero attached hydrogens (tertiary/aromatic N) is 3. The van der Waals surface area contributed by atoms with E-state index in [-0.39, 0.29) is 0 Å². The van der Waals surface area contributed by atoms with Gasteiger partial charge in [0.25, 0.3) is 0 Å². The molecule has 3 rings (SSSR count). The molecular weight excluding hydrogens is 236 g/mol. The van der Waals surface area contributed by atoms with Crippen molar-refractivity contribution in [3.63, 3.8) is 0 Å². The van der Waals surface area contributed by atoms with Crippen molar-refractivity contribution in [2.24, 2.45) is 11.7 Å². The lowest BCUT2D eigenvalue weighted by molar-refractivity contribution is 0.241. The number of hydrogen-bond donors (Lipinski definition) is 1. The van der Waals surface area contributed by atoms with Crippen LogP contribution in [0.5, 0.6) is 0 Å². The van der Waals surface area contributed by atoms with Crippen LogP contribution in [-0.4, -0.2) is 29.1 Å². The van der Waals surface area contributed by atoms with Gasteiger partial charge in [0.15, 0.2) is 0 Å². The summed E-state index contributed by atoms with van der Waals surface area (Å²) in [5, 5.41) is 0. The Bertz CT molecular complexity index is 401. The third-order valence-corrected chi connectivity index (χ3v) is 4.62. The molecule has 1 saturated heterocycles. The van der Waals surface area contributed by atoms with Crippen LogP contribution in [0.25, 0.3) is 0 Å². The molecule has 4 heteroatoms. The van der Waals surface area contributed by atoms with Gasteiger partial charge in [0.05, 0.1) is 0 Å². The molecule has 1 saturated carbocycles. The van der Waals surface area contributed by atoms with Crippen molar-refractivity contribution in [2.75, 3.05) is 18.0 Å². The SMILES string of the molecule is NCCc1cnc(N2CCCC3CCCCC32)nc1. The van der Waals surface area contributed by atoms with E-state index in [2.05, 4.69) is 14.9 Å². The molecule has 104 valence electrons. The first-order valence-corrected chi connectivity index (χ1v) is 7.66. The summed E-state index contributed by atoms with van der Waals surface area (Å²) in [4.78, 5) is 11.6. The van der Waals surface area contributed by atoms with Crippen LogP contribution in [0.15, 0.2) is 12.4 Å². The van der Waals surface area contributed by atoms with E-state index in [9.17, 15) is 0 Å². The molecule has 4 nitrogen and oxygen atoms in total. The van der Waals surface area contributed by atoms with E-state index in [1.54, 1.807) is 0 Å². The Morgan fingerprint density at radius 3 is 2.63 bits per heavy atom. The molecule has 1 aliphatic carbocycles. The summed E-state index contributed by atoms with van der Waals surface area (Å²) in [5.74, 6) is 1.80. The summed E-state index contributed by atoms with van der Waals surface area (Å²) in [6.07, 6.45) is 12.9. The molecule has 1 aromatic heterocycles. The topological polar surface area (TPSA) is 55.0 Å². The van der Waals surface area contributed by atoms with E-state index in [0.717, 1.165) is 30.4 Å². The second-order valence-corrected chi connectivity index (χ2v) is 5.88. The summed E-state index contributed by atoms with van der Waals surface area (Å²) >= 11 is 0. The Labute approximate surface area is 115 Å². The minimum atomic E-state index is 0.664. The number of anilines is 1. The lowest BCUT2D eigenvalue weighted by atomic mass is 9.78. The smallest absolute Gasteiger partial charge is 0.225 e. The minimum Gasteiger partial charge on any atom is -0.338 e.